The minimum atomic E-state index is -0.222. The van der Waals surface area contributed by atoms with Gasteiger partial charge in [-0.05, 0) is 43.7 Å². The van der Waals surface area contributed by atoms with Gasteiger partial charge in [0.1, 0.15) is 12.0 Å². The van der Waals surface area contributed by atoms with Crippen LogP contribution in [0.1, 0.15) is 33.3 Å². The van der Waals surface area contributed by atoms with Gasteiger partial charge in [0.25, 0.3) is 5.91 Å². The van der Waals surface area contributed by atoms with Crippen molar-refractivity contribution >= 4 is 5.91 Å². The first-order valence-corrected chi connectivity index (χ1v) is 8.33. The van der Waals surface area contributed by atoms with Gasteiger partial charge >= 0.3 is 0 Å². The Labute approximate surface area is 152 Å². The van der Waals surface area contributed by atoms with Crippen molar-refractivity contribution in [1.82, 2.24) is 14.9 Å². The van der Waals surface area contributed by atoms with Crippen molar-refractivity contribution in [1.29, 1.82) is 0 Å². The highest BCUT2D eigenvalue weighted by Crippen LogP contribution is 2.13. The first kappa shape index (κ1) is 17.7. The molecule has 0 bridgehead atoms. The van der Waals surface area contributed by atoms with E-state index in [1.807, 2.05) is 56.3 Å². The third-order valence-electron chi connectivity index (χ3n) is 3.77. The number of hydrogen-bond donors (Lipinski definition) is 0. The van der Waals surface area contributed by atoms with Crippen LogP contribution in [0.25, 0.3) is 0 Å². The van der Waals surface area contributed by atoms with Crippen LogP contribution < -0.4 is 4.74 Å². The van der Waals surface area contributed by atoms with Gasteiger partial charge in [-0.1, -0.05) is 18.2 Å². The molecule has 2 aromatic heterocycles. The number of rotatable bonds is 6. The number of carbonyl (C=O) groups is 1. The SMILES string of the molecule is Cc1cc(C)nc(CN(C)C(=O)c2coc(COc3ccccc3)n2)c1. The molecule has 6 nitrogen and oxygen atoms in total. The summed E-state index contributed by atoms with van der Waals surface area (Å²) >= 11 is 0. The maximum Gasteiger partial charge on any atom is 0.275 e. The molecular weight excluding hydrogens is 330 g/mol. The Bertz CT molecular complexity index is 870. The zero-order valence-corrected chi connectivity index (χ0v) is 15.1. The van der Waals surface area contributed by atoms with E-state index in [0.717, 1.165) is 22.7 Å². The van der Waals surface area contributed by atoms with Crippen molar-refractivity contribution in [3.63, 3.8) is 0 Å². The molecule has 0 aliphatic carbocycles. The average Bonchev–Trinajstić information content (AvgIpc) is 3.08. The molecule has 0 aliphatic heterocycles. The lowest BCUT2D eigenvalue weighted by Crippen LogP contribution is -2.27. The van der Waals surface area contributed by atoms with Gasteiger partial charge in [-0.2, -0.15) is 0 Å². The molecule has 0 N–H and O–H groups in total. The molecule has 0 fully saturated rings. The molecule has 2 heterocycles. The number of oxazole rings is 1. The lowest BCUT2D eigenvalue weighted by atomic mass is 10.2. The van der Waals surface area contributed by atoms with Gasteiger partial charge in [0.05, 0.1) is 12.2 Å². The summed E-state index contributed by atoms with van der Waals surface area (Å²) in [6.07, 6.45) is 1.36. The second kappa shape index (κ2) is 7.82. The quantitative estimate of drug-likeness (QED) is 0.679. The molecule has 0 aliphatic rings. The van der Waals surface area contributed by atoms with Crippen LogP contribution in [0, 0.1) is 13.8 Å². The number of amides is 1. The van der Waals surface area contributed by atoms with E-state index in [1.54, 1.807) is 11.9 Å². The Balaban J connectivity index is 1.61. The van der Waals surface area contributed by atoms with Crippen molar-refractivity contribution in [2.45, 2.75) is 27.0 Å². The summed E-state index contributed by atoms with van der Waals surface area (Å²) in [6, 6.07) is 13.3. The van der Waals surface area contributed by atoms with Crippen molar-refractivity contribution in [3.05, 3.63) is 77.3 Å². The Kier molecular flexibility index (Phi) is 5.31. The molecule has 0 spiro atoms. The van der Waals surface area contributed by atoms with Crippen molar-refractivity contribution in [2.75, 3.05) is 7.05 Å². The standard InChI is InChI=1S/C20H21N3O3/c1-14-9-15(2)21-16(10-14)11-23(3)20(24)18-12-26-19(22-18)13-25-17-7-5-4-6-8-17/h4-10,12H,11,13H2,1-3H3. The number of hydrogen-bond acceptors (Lipinski definition) is 5. The fraction of sp³-hybridized carbons (Fsp3) is 0.250. The minimum Gasteiger partial charge on any atom is -0.484 e. The number of pyridine rings is 1. The monoisotopic (exact) mass is 351 g/mol. The molecule has 0 unspecified atom stereocenters. The minimum absolute atomic E-state index is 0.166. The first-order chi connectivity index (χ1) is 12.5. The van der Waals surface area contributed by atoms with Gasteiger partial charge in [-0.3, -0.25) is 9.78 Å². The molecule has 0 saturated carbocycles. The Morgan fingerprint density at radius 2 is 1.92 bits per heavy atom. The third-order valence-corrected chi connectivity index (χ3v) is 3.77. The summed E-state index contributed by atoms with van der Waals surface area (Å²) in [6.45, 7) is 4.52. The normalized spacial score (nSPS) is 10.6. The molecular formula is C20H21N3O3. The zero-order chi connectivity index (χ0) is 18.5. The van der Waals surface area contributed by atoms with Crippen LogP contribution in [0.15, 0.2) is 53.1 Å². The summed E-state index contributed by atoms with van der Waals surface area (Å²) in [5.74, 6) is 0.854. The van der Waals surface area contributed by atoms with Crippen LogP contribution in [0.5, 0.6) is 5.75 Å². The van der Waals surface area contributed by atoms with Crippen LogP contribution in [-0.4, -0.2) is 27.8 Å². The molecule has 3 rings (SSSR count). The van der Waals surface area contributed by atoms with E-state index in [4.69, 9.17) is 9.15 Å². The summed E-state index contributed by atoms with van der Waals surface area (Å²) in [4.78, 5) is 22.8. The summed E-state index contributed by atoms with van der Waals surface area (Å²) < 4.78 is 10.9. The lowest BCUT2D eigenvalue weighted by molar-refractivity contribution is 0.0777. The number of aromatic nitrogens is 2. The second-order valence-electron chi connectivity index (χ2n) is 6.17. The van der Waals surface area contributed by atoms with Crippen molar-refractivity contribution in [2.24, 2.45) is 0 Å². The van der Waals surface area contributed by atoms with Gasteiger partial charge in [-0.25, -0.2) is 4.98 Å². The number of nitrogens with zero attached hydrogens (tertiary/aromatic N) is 3. The van der Waals surface area contributed by atoms with Gasteiger partial charge in [0.15, 0.2) is 12.3 Å². The Morgan fingerprint density at radius 1 is 1.15 bits per heavy atom. The summed E-state index contributed by atoms with van der Waals surface area (Å²) in [5, 5.41) is 0. The fourth-order valence-electron chi connectivity index (χ4n) is 2.65. The lowest BCUT2D eigenvalue weighted by Gasteiger charge is -2.15. The van der Waals surface area contributed by atoms with E-state index >= 15 is 0 Å². The molecule has 0 atom stereocenters. The highest BCUT2D eigenvalue weighted by atomic mass is 16.5. The number of benzene rings is 1. The predicted molar refractivity (Wildman–Crippen MR) is 96.8 cm³/mol. The predicted octanol–water partition coefficient (Wildman–Crippen LogP) is 3.54. The van der Waals surface area contributed by atoms with E-state index in [-0.39, 0.29) is 18.2 Å². The van der Waals surface area contributed by atoms with Crippen molar-refractivity contribution in [3.8, 4) is 5.75 Å². The topological polar surface area (TPSA) is 68.5 Å². The molecule has 26 heavy (non-hydrogen) atoms. The van der Waals surface area contributed by atoms with Crippen molar-refractivity contribution < 1.29 is 13.9 Å². The first-order valence-electron chi connectivity index (χ1n) is 8.33. The molecule has 6 heteroatoms. The van der Waals surface area contributed by atoms with Crippen LogP contribution in [0.4, 0.5) is 0 Å². The number of aryl methyl sites for hydroxylation is 2. The number of para-hydroxylation sites is 1. The Morgan fingerprint density at radius 3 is 2.65 bits per heavy atom. The van der Waals surface area contributed by atoms with Gasteiger partial charge in [0.2, 0.25) is 5.89 Å². The largest absolute Gasteiger partial charge is 0.484 e. The molecule has 1 amide bonds. The molecule has 0 radical (unpaired) electrons. The van der Waals surface area contributed by atoms with Gasteiger partial charge in [0, 0.05) is 12.7 Å². The van der Waals surface area contributed by atoms with E-state index < -0.39 is 0 Å². The highest BCUT2D eigenvalue weighted by molar-refractivity contribution is 5.91. The molecule has 3 aromatic rings. The number of ether oxygens (including phenoxy) is 1. The van der Waals surface area contributed by atoms with E-state index in [0.29, 0.717) is 12.4 Å². The summed E-state index contributed by atoms with van der Waals surface area (Å²) in [5.41, 5.74) is 3.15. The van der Waals surface area contributed by atoms with Crippen LogP contribution >= 0.6 is 0 Å². The third kappa shape index (κ3) is 4.47. The molecule has 134 valence electrons. The van der Waals surface area contributed by atoms with Crippen LogP contribution in [0.3, 0.4) is 0 Å². The van der Waals surface area contributed by atoms with Crippen LogP contribution in [0.2, 0.25) is 0 Å². The number of carbonyl (C=O) groups excluding carboxylic acids is 1. The molecule has 1 aromatic carbocycles. The molecule has 0 saturated heterocycles. The maximum atomic E-state index is 12.5. The van der Waals surface area contributed by atoms with Crippen LogP contribution in [-0.2, 0) is 13.2 Å². The summed E-state index contributed by atoms with van der Waals surface area (Å²) in [7, 11) is 1.72. The fourth-order valence-corrected chi connectivity index (χ4v) is 2.65. The second-order valence-corrected chi connectivity index (χ2v) is 6.17. The highest BCUT2D eigenvalue weighted by Gasteiger charge is 2.18. The van der Waals surface area contributed by atoms with Gasteiger partial charge in [-0.15, -0.1) is 0 Å². The maximum absolute atomic E-state index is 12.5. The van der Waals surface area contributed by atoms with E-state index in [1.165, 1.54) is 6.26 Å². The smallest absolute Gasteiger partial charge is 0.275 e. The van der Waals surface area contributed by atoms with E-state index in [2.05, 4.69) is 9.97 Å². The van der Waals surface area contributed by atoms with E-state index in [9.17, 15) is 4.79 Å². The zero-order valence-electron chi connectivity index (χ0n) is 15.1. The average molecular weight is 351 g/mol. The van der Waals surface area contributed by atoms with Gasteiger partial charge < -0.3 is 14.1 Å². The Hall–Kier alpha value is -3.15.